The van der Waals surface area contributed by atoms with Crippen LogP contribution in [0.2, 0.25) is 0 Å². The topological polar surface area (TPSA) is 241 Å². The third-order valence-electron chi connectivity index (χ3n) is 18.0. The molecule has 26 atom stereocenters. The monoisotopic (exact) mass is 867 g/mol. The van der Waals surface area contributed by atoms with Crippen LogP contribution < -0.4 is 0 Å². The average molecular weight is 868 g/mol. The molecule has 16 nitrogen and oxygen atoms in total. The first-order valence-electron chi connectivity index (χ1n) is 23.4. The normalized spacial score (nSPS) is 57.3. The summed E-state index contributed by atoms with van der Waals surface area (Å²) in [5.41, 5.74) is 1.81. The Balaban J connectivity index is 0.870. The molecule has 0 unspecified atom stereocenters. The van der Waals surface area contributed by atoms with Gasteiger partial charge < -0.3 is 74.4 Å². The molecule has 0 spiro atoms. The van der Waals surface area contributed by atoms with E-state index < -0.39 is 105 Å². The molecule has 0 aromatic heterocycles. The summed E-state index contributed by atoms with van der Waals surface area (Å²) < 4.78 is 36.0. The zero-order valence-corrected chi connectivity index (χ0v) is 36.3. The number of aliphatic hydroxyl groups is 9. The molecule has 9 rings (SSSR count). The summed E-state index contributed by atoms with van der Waals surface area (Å²) in [6, 6.07) is 1.46. The van der Waals surface area contributed by atoms with E-state index in [-0.39, 0.29) is 11.5 Å². The minimum Gasteiger partial charge on any atom is -0.394 e. The Morgan fingerprint density at radius 3 is 2.03 bits per heavy atom. The van der Waals surface area contributed by atoms with Gasteiger partial charge in [-0.2, -0.15) is 0 Å². The molecule has 9 N–H and O–H groups in total. The van der Waals surface area contributed by atoms with Gasteiger partial charge in [0.05, 0.1) is 25.4 Å². The highest BCUT2D eigenvalue weighted by molar-refractivity contribution is 5.27. The van der Waals surface area contributed by atoms with Crippen LogP contribution >= 0.6 is 0 Å². The van der Waals surface area contributed by atoms with Crippen molar-refractivity contribution in [3.05, 3.63) is 11.6 Å². The predicted octanol–water partition coefficient (Wildman–Crippen LogP) is 0.155. The molecule has 16 heteroatoms. The van der Waals surface area contributed by atoms with Crippen LogP contribution in [-0.2, 0) is 28.4 Å². The van der Waals surface area contributed by atoms with E-state index in [1.54, 1.807) is 0 Å². The van der Waals surface area contributed by atoms with Crippen LogP contribution in [0, 0.1) is 46.3 Å². The average Bonchev–Trinajstić information content (AvgIpc) is 3.71. The number of ether oxygens (including phenoxy) is 6. The van der Waals surface area contributed by atoms with E-state index in [9.17, 15) is 46.0 Å². The second-order valence-corrected chi connectivity index (χ2v) is 21.2. The molecule has 3 saturated carbocycles. The van der Waals surface area contributed by atoms with Crippen molar-refractivity contribution in [1.29, 1.82) is 0 Å². The Kier molecular flexibility index (Phi) is 12.7. The molecule has 4 aliphatic carbocycles. The third-order valence-corrected chi connectivity index (χ3v) is 18.0. The van der Waals surface area contributed by atoms with Gasteiger partial charge in [0.1, 0.15) is 67.1 Å². The first-order chi connectivity index (χ1) is 29.0. The maximum atomic E-state index is 11.4. The van der Waals surface area contributed by atoms with Crippen molar-refractivity contribution in [3.8, 4) is 0 Å². The second-order valence-electron chi connectivity index (χ2n) is 21.2. The summed E-state index contributed by atoms with van der Waals surface area (Å²) in [4.78, 5) is 2.95. The summed E-state index contributed by atoms with van der Waals surface area (Å²) in [6.07, 6.45) is -10.3. The smallest absolute Gasteiger partial charge is 0.187 e. The Morgan fingerprint density at radius 1 is 0.672 bits per heavy atom. The molecule has 61 heavy (non-hydrogen) atoms. The predicted molar refractivity (Wildman–Crippen MR) is 215 cm³/mol. The van der Waals surface area contributed by atoms with Crippen LogP contribution in [0.1, 0.15) is 92.4 Å². The van der Waals surface area contributed by atoms with Gasteiger partial charge in [0.2, 0.25) is 0 Å². The molecule has 8 fully saturated rings. The zero-order valence-electron chi connectivity index (χ0n) is 36.3. The molecule has 5 heterocycles. The molecule has 9 aliphatic rings. The highest BCUT2D eigenvalue weighted by atomic mass is 16.8. The fourth-order valence-corrected chi connectivity index (χ4v) is 14.8. The zero-order chi connectivity index (χ0) is 43.4. The fourth-order valence-electron chi connectivity index (χ4n) is 14.8. The van der Waals surface area contributed by atoms with Gasteiger partial charge in [0, 0.05) is 18.6 Å². The molecule has 0 aromatic carbocycles. The SMILES string of the molecule is C[C@H]1CC[C@@H]2[C@@H](C)[C@H]3[C@H](C[C@H]4[C@@H]5CC=C6C[C@@H](O[C@@H]7O[C@H](CO)[C@@H](O)[C@H](O)[C@H]7O[C@@H]7O[C@@H](C)[C@H](O[C@@H]8O[C@H](CO)[C@@H](O)[C@H](O)[C@H]8O)[C@@H](O)[C@H]7O)CC[C@]6(C)[C@H]5CC[C@]34C)N2C1. The lowest BCUT2D eigenvalue weighted by atomic mass is 9.47. The number of aliphatic hydroxyl groups excluding tert-OH is 9. The van der Waals surface area contributed by atoms with Gasteiger partial charge in [-0.15, -0.1) is 0 Å². The van der Waals surface area contributed by atoms with Crippen LogP contribution in [0.25, 0.3) is 0 Å². The van der Waals surface area contributed by atoms with Crippen molar-refractivity contribution in [2.24, 2.45) is 46.3 Å². The molecular formula is C45H73NO15. The number of hydrogen-bond acceptors (Lipinski definition) is 16. The summed E-state index contributed by atoms with van der Waals surface area (Å²) >= 11 is 0. The van der Waals surface area contributed by atoms with Gasteiger partial charge >= 0.3 is 0 Å². The van der Waals surface area contributed by atoms with E-state index in [1.807, 2.05) is 0 Å². The third kappa shape index (κ3) is 7.42. The van der Waals surface area contributed by atoms with E-state index in [0.29, 0.717) is 29.7 Å². The Morgan fingerprint density at radius 2 is 1.31 bits per heavy atom. The van der Waals surface area contributed by atoms with Crippen molar-refractivity contribution >= 4 is 0 Å². The number of rotatable bonds is 8. The number of nitrogens with zero attached hydrogens (tertiary/aromatic N) is 1. The fraction of sp³-hybridized carbons (Fsp3) is 0.956. The van der Waals surface area contributed by atoms with E-state index in [1.165, 1.54) is 51.1 Å². The van der Waals surface area contributed by atoms with Crippen LogP contribution in [-0.4, -0.2) is 181 Å². The molecule has 5 saturated heterocycles. The molecule has 0 radical (unpaired) electrons. The van der Waals surface area contributed by atoms with Crippen molar-refractivity contribution in [3.63, 3.8) is 0 Å². The lowest BCUT2D eigenvalue weighted by Crippen LogP contribution is -2.66. The quantitative estimate of drug-likeness (QED) is 0.148. The largest absolute Gasteiger partial charge is 0.394 e. The second kappa shape index (κ2) is 17.1. The van der Waals surface area contributed by atoms with Crippen LogP contribution in [0.3, 0.4) is 0 Å². The van der Waals surface area contributed by atoms with Gasteiger partial charge in [-0.1, -0.05) is 39.3 Å². The van der Waals surface area contributed by atoms with Gasteiger partial charge in [0.15, 0.2) is 18.9 Å². The number of hydrogen-bond donors (Lipinski definition) is 9. The maximum Gasteiger partial charge on any atom is 0.187 e. The lowest BCUT2D eigenvalue weighted by molar-refractivity contribution is -0.384. The molecular weight excluding hydrogens is 794 g/mol. The number of piperidine rings is 1. The lowest BCUT2D eigenvalue weighted by Gasteiger charge is -2.58. The van der Waals surface area contributed by atoms with E-state index in [0.717, 1.165) is 49.0 Å². The Labute approximate surface area is 359 Å². The van der Waals surface area contributed by atoms with Crippen LogP contribution in [0.4, 0.5) is 0 Å². The van der Waals surface area contributed by atoms with E-state index in [2.05, 4.69) is 38.7 Å². The van der Waals surface area contributed by atoms with Crippen molar-refractivity contribution in [2.75, 3.05) is 19.8 Å². The van der Waals surface area contributed by atoms with Crippen LogP contribution in [0.5, 0.6) is 0 Å². The van der Waals surface area contributed by atoms with E-state index >= 15 is 0 Å². The van der Waals surface area contributed by atoms with Crippen molar-refractivity contribution in [2.45, 2.75) is 203 Å². The van der Waals surface area contributed by atoms with E-state index in [4.69, 9.17) is 28.4 Å². The Bertz CT molecular complexity index is 1590. The molecule has 0 amide bonds. The van der Waals surface area contributed by atoms with Gasteiger partial charge in [-0.05, 0) is 111 Å². The van der Waals surface area contributed by atoms with Gasteiger partial charge in [-0.25, -0.2) is 0 Å². The Hall–Kier alpha value is -0.900. The molecule has 348 valence electrons. The van der Waals surface area contributed by atoms with Gasteiger partial charge in [0.25, 0.3) is 0 Å². The van der Waals surface area contributed by atoms with Crippen LogP contribution in [0.15, 0.2) is 11.6 Å². The van der Waals surface area contributed by atoms with Gasteiger partial charge in [-0.3, -0.25) is 4.90 Å². The summed E-state index contributed by atoms with van der Waals surface area (Å²) in [5.74, 6) is 4.28. The summed E-state index contributed by atoms with van der Waals surface area (Å²) in [7, 11) is 0. The molecule has 0 aromatic rings. The summed E-state index contributed by atoms with van der Waals surface area (Å²) in [5, 5.41) is 95.4. The molecule has 5 aliphatic heterocycles. The summed E-state index contributed by atoms with van der Waals surface area (Å²) in [6.45, 7) is 11.6. The molecule has 0 bridgehead atoms. The first-order valence-corrected chi connectivity index (χ1v) is 23.4. The minimum atomic E-state index is -1.78. The first kappa shape index (κ1) is 45.3. The van der Waals surface area contributed by atoms with Crippen molar-refractivity contribution < 1.29 is 74.4 Å². The maximum absolute atomic E-state index is 11.4. The minimum absolute atomic E-state index is 0.0444. The highest BCUT2D eigenvalue weighted by Crippen LogP contribution is 2.70. The standard InChI is InChI=1S/C45H73NO15/c1-19-6-9-27-20(2)31-28(46(27)16-19)15-26-24-8-7-22-14-23(10-12-44(22,4)25(24)11-13-45(26,31)5)57-43-40(35(52)33(50)30(18-48)59-43)61-41-38(55)36(53)39(21(3)56-41)60-42-37(54)34(51)32(49)29(17-47)58-42/h7,19-21,23-43,47-55H,6,8-18H2,1-5H3/t19-,20+,21-,23-,24+,25-,26-,27+,28-,29+,30+,31-,32+,33+,34-,35-,36-,37+,38+,39-,40+,41-,42-,43+,44-,45-/m0/s1. The van der Waals surface area contributed by atoms with Crippen molar-refractivity contribution in [1.82, 2.24) is 4.90 Å². The number of fused-ring (bicyclic) bond motifs is 9. The number of allylic oxidation sites excluding steroid dienone is 1. The highest BCUT2D eigenvalue weighted by Gasteiger charge is 2.66.